The molecule has 9 nitrogen and oxygen atoms in total. The Morgan fingerprint density at radius 1 is 1.07 bits per heavy atom. The van der Waals surface area contributed by atoms with Crippen molar-refractivity contribution >= 4 is 33.8 Å². The van der Waals surface area contributed by atoms with Gasteiger partial charge in [0.05, 0.1) is 43.5 Å². The third kappa shape index (κ3) is 12.4. The quantitative estimate of drug-likeness (QED) is 0.159. The highest BCUT2D eigenvalue weighted by molar-refractivity contribution is 7.99. The lowest BCUT2D eigenvalue weighted by Crippen LogP contribution is -2.33. The van der Waals surface area contributed by atoms with E-state index in [1.807, 2.05) is 6.92 Å². The maximum absolute atomic E-state index is 12.1. The first-order valence-electron chi connectivity index (χ1n) is 9.32. The van der Waals surface area contributed by atoms with Crippen LogP contribution in [0.1, 0.15) is 40.5 Å². The Hall–Kier alpha value is -0.880. The number of ether oxygens (including phenoxy) is 4. The molecule has 1 atom stereocenters. The molecular weight excluding hydrogens is 424 g/mol. The zero-order valence-corrected chi connectivity index (χ0v) is 19.5. The topological polar surface area (TPSA) is 125 Å². The molecule has 0 bridgehead atoms. The van der Waals surface area contributed by atoms with Crippen LogP contribution in [0.4, 0.5) is 0 Å². The smallest absolute Gasteiger partial charge is 0.313 e. The van der Waals surface area contributed by atoms with E-state index < -0.39 is 32.7 Å². The summed E-state index contributed by atoms with van der Waals surface area (Å²) in [7, 11) is -2.69. The summed E-state index contributed by atoms with van der Waals surface area (Å²) in [5, 5.41) is 0. The molecule has 0 aliphatic heterocycles. The lowest BCUT2D eigenvalue weighted by atomic mass is 9.89. The average Bonchev–Trinajstić information content (AvgIpc) is 2.65. The SMILES string of the molecule is CCC(C)(COCOCCSCC(C)(C)C(=O)OCCCS(=O)(=O)O)C(=O)OC. The summed E-state index contributed by atoms with van der Waals surface area (Å²) in [6.07, 6.45) is 0.644. The van der Waals surface area contributed by atoms with Gasteiger partial charge in [-0.3, -0.25) is 14.1 Å². The number of rotatable bonds is 16. The van der Waals surface area contributed by atoms with Crippen LogP contribution in [0.3, 0.4) is 0 Å². The number of carbonyl (C=O) groups is 2. The van der Waals surface area contributed by atoms with E-state index in [-0.39, 0.29) is 32.4 Å². The van der Waals surface area contributed by atoms with E-state index in [1.165, 1.54) is 18.9 Å². The third-order valence-electron chi connectivity index (χ3n) is 4.21. The molecule has 0 radical (unpaired) electrons. The molecule has 0 aromatic heterocycles. The first-order valence-corrected chi connectivity index (χ1v) is 12.1. The highest BCUT2D eigenvalue weighted by Crippen LogP contribution is 2.24. The third-order valence-corrected chi connectivity index (χ3v) is 6.40. The molecule has 1 N–H and O–H groups in total. The Balaban J connectivity index is 3.92. The summed E-state index contributed by atoms with van der Waals surface area (Å²) in [5.41, 5.74) is -1.43. The van der Waals surface area contributed by atoms with Gasteiger partial charge in [0.2, 0.25) is 0 Å². The van der Waals surface area contributed by atoms with Gasteiger partial charge in [-0.1, -0.05) is 6.92 Å². The zero-order chi connectivity index (χ0) is 22.6. The van der Waals surface area contributed by atoms with Gasteiger partial charge >= 0.3 is 11.9 Å². The van der Waals surface area contributed by atoms with Crippen molar-refractivity contribution in [3.8, 4) is 0 Å². The highest BCUT2D eigenvalue weighted by Gasteiger charge is 2.33. The number of hydrogen-bond acceptors (Lipinski definition) is 9. The molecule has 172 valence electrons. The predicted molar refractivity (Wildman–Crippen MR) is 110 cm³/mol. The van der Waals surface area contributed by atoms with E-state index in [0.29, 0.717) is 24.5 Å². The maximum atomic E-state index is 12.1. The van der Waals surface area contributed by atoms with Gasteiger partial charge in [-0.15, -0.1) is 0 Å². The van der Waals surface area contributed by atoms with Gasteiger partial charge in [0.15, 0.2) is 0 Å². The van der Waals surface area contributed by atoms with E-state index in [4.69, 9.17) is 23.5 Å². The summed E-state index contributed by atoms with van der Waals surface area (Å²) in [4.78, 5) is 23.8. The molecule has 0 aromatic carbocycles. The lowest BCUT2D eigenvalue weighted by molar-refractivity contribution is -0.159. The van der Waals surface area contributed by atoms with Gasteiger partial charge in [-0.2, -0.15) is 20.2 Å². The molecule has 0 amide bonds. The van der Waals surface area contributed by atoms with E-state index in [1.54, 1.807) is 20.8 Å². The summed E-state index contributed by atoms with van der Waals surface area (Å²) in [6.45, 7) is 7.78. The number of thioether (sulfide) groups is 1. The summed E-state index contributed by atoms with van der Waals surface area (Å²) in [5.74, 6) is -0.0321. The molecule has 0 aliphatic rings. The van der Waals surface area contributed by atoms with Crippen molar-refractivity contribution in [1.29, 1.82) is 0 Å². The largest absolute Gasteiger partial charge is 0.469 e. The van der Waals surface area contributed by atoms with Crippen molar-refractivity contribution in [2.45, 2.75) is 40.5 Å². The maximum Gasteiger partial charge on any atom is 0.313 e. The van der Waals surface area contributed by atoms with Gasteiger partial charge < -0.3 is 18.9 Å². The highest BCUT2D eigenvalue weighted by atomic mass is 32.2. The fourth-order valence-electron chi connectivity index (χ4n) is 2.04. The van der Waals surface area contributed by atoms with Gasteiger partial charge in [0.1, 0.15) is 6.79 Å². The minimum atomic E-state index is -4.04. The van der Waals surface area contributed by atoms with Crippen LogP contribution >= 0.6 is 11.8 Å². The number of esters is 2. The molecule has 0 fully saturated rings. The summed E-state index contributed by atoms with van der Waals surface area (Å²) >= 11 is 1.52. The van der Waals surface area contributed by atoms with E-state index >= 15 is 0 Å². The van der Waals surface area contributed by atoms with Gasteiger partial charge in [0, 0.05) is 11.5 Å². The normalized spacial score (nSPS) is 14.3. The van der Waals surface area contributed by atoms with Crippen molar-refractivity contribution in [2.24, 2.45) is 10.8 Å². The van der Waals surface area contributed by atoms with Crippen LogP contribution in [0, 0.1) is 10.8 Å². The summed E-state index contributed by atoms with van der Waals surface area (Å²) < 4.78 is 50.5. The molecule has 11 heteroatoms. The summed E-state index contributed by atoms with van der Waals surface area (Å²) in [6, 6.07) is 0. The minimum absolute atomic E-state index is 0.0503. The number of carbonyl (C=O) groups excluding carboxylic acids is 2. The van der Waals surface area contributed by atoms with Crippen molar-refractivity contribution in [1.82, 2.24) is 0 Å². The van der Waals surface area contributed by atoms with Gasteiger partial charge in [-0.25, -0.2) is 0 Å². The second-order valence-corrected chi connectivity index (χ2v) is 10.2. The minimum Gasteiger partial charge on any atom is -0.469 e. The van der Waals surface area contributed by atoms with E-state index in [2.05, 4.69) is 0 Å². The van der Waals surface area contributed by atoms with Gasteiger partial charge in [0.25, 0.3) is 10.1 Å². The standard InChI is InChI=1S/C18H34O9S2/c1-6-18(4,16(20)24-5)12-26-14-25-9-10-28-13-17(2,3)15(19)27-8-7-11-29(21,22)23/h6-14H2,1-5H3,(H,21,22,23). The Labute approximate surface area is 177 Å². The second-order valence-electron chi connectivity index (χ2n) is 7.49. The molecule has 0 saturated heterocycles. The van der Waals surface area contributed by atoms with Gasteiger partial charge in [-0.05, 0) is 33.6 Å². The predicted octanol–water partition coefficient (Wildman–Crippen LogP) is 2.15. The fourth-order valence-corrected chi connectivity index (χ4v) is 3.53. The molecule has 0 heterocycles. The molecule has 0 aliphatic carbocycles. The van der Waals surface area contributed by atoms with Crippen LogP contribution < -0.4 is 0 Å². The Bertz CT molecular complexity index is 604. The average molecular weight is 459 g/mol. The Morgan fingerprint density at radius 2 is 1.72 bits per heavy atom. The number of methoxy groups -OCH3 is 1. The van der Waals surface area contributed by atoms with Crippen LogP contribution in [0.2, 0.25) is 0 Å². The van der Waals surface area contributed by atoms with Crippen LogP contribution in [-0.2, 0) is 38.7 Å². The molecule has 1 unspecified atom stereocenters. The van der Waals surface area contributed by atoms with Crippen LogP contribution in [0.15, 0.2) is 0 Å². The second kappa shape index (κ2) is 13.4. The van der Waals surface area contributed by atoms with Crippen molar-refractivity contribution in [2.75, 3.05) is 51.0 Å². The molecular formula is C18H34O9S2. The van der Waals surface area contributed by atoms with Crippen LogP contribution in [0.5, 0.6) is 0 Å². The zero-order valence-electron chi connectivity index (χ0n) is 17.9. The first kappa shape index (κ1) is 28.1. The molecule has 0 rings (SSSR count). The van der Waals surface area contributed by atoms with Crippen molar-refractivity contribution < 1.29 is 41.5 Å². The Kier molecular flexibility index (Phi) is 13.0. The fraction of sp³-hybridized carbons (Fsp3) is 0.889. The molecule has 29 heavy (non-hydrogen) atoms. The van der Waals surface area contributed by atoms with Crippen molar-refractivity contribution in [3.05, 3.63) is 0 Å². The molecule has 0 spiro atoms. The monoisotopic (exact) mass is 458 g/mol. The van der Waals surface area contributed by atoms with E-state index in [0.717, 1.165) is 0 Å². The molecule has 0 saturated carbocycles. The van der Waals surface area contributed by atoms with Crippen LogP contribution in [-0.4, -0.2) is 75.9 Å². The van der Waals surface area contributed by atoms with Crippen molar-refractivity contribution in [3.63, 3.8) is 0 Å². The first-order chi connectivity index (χ1) is 13.4. The lowest BCUT2D eigenvalue weighted by Gasteiger charge is -2.24. The Morgan fingerprint density at radius 3 is 2.28 bits per heavy atom. The van der Waals surface area contributed by atoms with Crippen LogP contribution in [0.25, 0.3) is 0 Å². The number of hydrogen-bond donors (Lipinski definition) is 1. The molecule has 0 aromatic rings. The van der Waals surface area contributed by atoms with E-state index in [9.17, 15) is 18.0 Å².